The predicted octanol–water partition coefficient (Wildman–Crippen LogP) is 3.90. The van der Waals surface area contributed by atoms with E-state index in [0.29, 0.717) is 16.3 Å². The molecule has 1 amide bonds. The summed E-state index contributed by atoms with van der Waals surface area (Å²) >= 11 is 5.75. The number of rotatable bonds is 4. The maximum atomic E-state index is 11.7. The van der Waals surface area contributed by atoms with Crippen molar-refractivity contribution in [3.05, 3.63) is 75.3 Å². The number of nitro groups is 1. The molecule has 0 unspecified atom stereocenters. The van der Waals surface area contributed by atoms with Crippen molar-refractivity contribution in [1.29, 1.82) is 0 Å². The first-order valence-corrected chi connectivity index (χ1v) is 6.41. The standard InChI is InChI=1S/C15H11ClN2O3/c16-12-5-7-13(8-6-12)17-15(19)9-4-11-2-1-3-14(10-11)18(20)21/h1-10H,(H,17,19). The SMILES string of the molecule is O=C(C=Cc1cccc([N+](=O)[O-])c1)Nc1ccc(Cl)cc1. The molecule has 0 bridgehead atoms. The van der Waals surface area contributed by atoms with Crippen molar-refractivity contribution < 1.29 is 9.72 Å². The summed E-state index contributed by atoms with van der Waals surface area (Å²) in [6, 6.07) is 12.7. The molecule has 1 N–H and O–H groups in total. The number of halogens is 1. The van der Waals surface area contributed by atoms with Crippen molar-refractivity contribution in [2.75, 3.05) is 5.32 Å². The molecule has 0 fully saturated rings. The van der Waals surface area contributed by atoms with Gasteiger partial charge in [0.15, 0.2) is 0 Å². The number of non-ortho nitro benzene ring substituents is 1. The van der Waals surface area contributed by atoms with E-state index in [1.165, 1.54) is 24.3 Å². The van der Waals surface area contributed by atoms with Crippen molar-refractivity contribution in [2.24, 2.45) is 0 Å². The Labute approximate surface area is 126 Å². The van der Waals surface area contributed by atoms with Crippen molar-refractivity contribution in [2.45, 2.75) is 0 Å². The van der Waals surface area contributed by atoms with E-state index < -0.39 is 4.92 Å². The van der Waals surface area contributed by atoms with E-state index in [0.717, 1.165) is 0 Å². The van der Waals surface area contributed by atoms with Crippen LogP contribution in [0.3, 0.4) is 0 Å². The monoisotopic (exact) mass is 302 g/mol. The van der Waals surface area contributed by atoms with Gasteiger partial charge < -0.3 is 5.32 Å². The molecular weight excluding hydrogens is 292 g/mol. The summed E-state index contributed by atoms with van der Waals surface area (Å²) in [7, 11) is 0. The van der Waals surface area contributed by atoms with Crippen molar-refractivity contribution in [1.82, 2.24) is 0 Å². The van der Waals surface area contributed by atoms with Gasteiger partial charge in [-0.2, -0.15) is 0 Å². The summed E-state index contributed by atoms with van der Waals surface area (Å²) in [4.78, 5) is 21.9. The average Bonchev–Trinajstić information content (AvgIpc) is 2.48. The molecule has 106 valence electrons. The Morgan fingerprint density at radius 2 is 1.90 bits per heavy atom. The summed E-state index contributed by atoms with van der Waals surface area (Å²) < 4.78 is 0. The molecule has 0 atom stereocenters. The minimum atomic E-state index is -0.481. The van der Waals surface area contributed by atoms with E-state index in [4.69, 9.17) is 11.6 Å². The smallest absolute Gasteiger partial charge is 0.270 e. The highest BCUT2D eigenvalue weighted by Gasteiger charge is 2.04. The number of carbonyl (C=O) groups is 1. The first-order chi connectivity index (χ1) is 10.0. The third-order valence-corrected chi connectivity index (χ3v) is 2.87. The van der Waals surface area contributed by atoms with Gasteiger partial charge in [0.1, 0.15) is 0 Å². The minimum Gasteiger partial charge on any atom is -0.323 e. The van der Waals surface area contributed by atoms with Crippen LogP contribution in [-0.4, -0.2) is 10.8 Å². The lowest BCUT2D eigenvalue weighted by Gasteiger charge is -2.01. The summed E-state index contributed by atoms with van der Waals surface area (Å²) in [5, 5.41) is 13.9. The predicted molar refractivity (Wildman–Crippen MR) is 82.2 cm³/mol. The zero-order chi connectivity index (χ0) is 15.2. The number of hydrogen-bond acceptors (Lipinski definition) is 3. The van der Waals surface area contributed by atoms with Gasteiger partial charge in [-0.3, -0.25) is 14.9 Å². The van der Waals surface area contributed by atoms with Crippen LogP contribution < -0.4 is 5.32 Å². The highest BCUT2D eigenvalue weighted by molar-refractivity contribution is 6.30. The molecule has 0 saturated heterocycles. The summed E-state index contributed by atoms with van der Waals surface area (Å²) in [6.45, 7) is 0. The fourth-order valence-electron chi connectivity index (χ4n) is 1.63. The zero-order valence-electron chi connectivity index (χ0n) is 10.8. The summed E-state index contributed by atoms with van der Waals surface area (Å²) in [5.74, 6) is -0.330. The molecule has 0 saturated carbocycles. The van der Waals surface area contributed by atoms with Gasteiger partial charge >= 0.3 is 0 Å². The second-order valence-corrected chi connectivity index (χ2v) is 4.62. The molecule has 0 aromatic heterocycles. The van der Waals surface area contributed by atoms with Gasteiger partial charge in [-0.15, -0.1) is 0 Å². The van der Waals surface area contributed by atoms with Gasteiger partial charge in [0.25, 0.3) is 5.69 Å². The van der Waals surface area contributed by atoms with Gasteiger partial charge in [-0.1, -0.05) is 23.7 Å². The number of amides is 1. The third-order valence-electron chi connectivity index (χ3n) is 2.62. The highest BCUT2D eigenvalue weighted by atomic mass is 35.5. The summed E-state index contributed by atoms with van der Waals surface area (Å²) in [5.41, 5.74) is 1.18. The van der Waals surface area contributed by atoms with Crippen LogP contribution >= 0.6 is 11.6 Å². The topological polar surface area (TPSA) is 72.2 Å². The number of benzene rings is 2. The Kier molecular flexibility index (Phi) is 4.68. The van der Waals surface area contributed by atoms with Crippen molar-refractivity contribution in [3.8, 4) is 0 Å². The maximum Gasteiger partial charge on any atom is 0.270 e. The van der Waals surface area contributed by atoms with Crippen LogP contribution in [0.2, 0.25) is 5.02 Å². The molecule has 0 spiro atoms. The Bertz CT molecular complexity index is 696. The maximum absolute atomic E-state index is 11.7. The molecule has 0 aliphatic heterocycles. The van der Waals surface area contributed by atoms with Gasteiger partial charge in [-0.25, -0.2) is 0 Å². The van der Waals surface area contributed by atoms with Crippen LogP contribution in [0.4, 0.5) is 11.4 Å². The van der Waals surface area contributed by atoms with Crippen LogP contribution in [0, 0.1) is 10.1 Å². The third kappa shape index (κ3) is 4.43. The first-order valence-electron chi connectivity index (χ1n) is 6.04. The largest absolute Gasteiger partial charge is 0.323 e. The second kappa shape index (κ2) is 6.67. The number of nitrogens with one attached hydrogen (secondary N) is 1. The molecule has 2 aromatic carbocycles. The molecule has 2 aromatic rings. The van der Waals surface area contributed by atoms with Crippen LogP contribution in [-0.2, 0) is 4.79 Å². The van der Waals surface area contributed by atoms with Crippen molar-refractivity contribution in [3.63, 3.8) is 0 Å². The van der Waals surface area contributed by atoms with Crippen LogP contribution in [0.5, 0.6) is 0 Å². The average molecular weight is 303 g/mol. The quantitative estimate of drug-likeness (QED) is 0.529. The Hall–Kier alpha value is -2.66. The van der Waals surface area contributed by atoms with Gasteiger partial charge in [0.2, 0.25) is 5.91 Å². The van der Waals surface area contributed by atoms with E-state index in [2.05, 4.69) is 5.32 Å². The fourth-order valence-corrected chi connectivity index (χ4v) is 1.76. The normalized spacial score (nSPS) is 10.5. The lowest BCUT2D eigenvalue weighted by Crippen LogP contribution is -2.07. The Morgan fingerprint density at radius 3 is 2.57 bits per heavy atom. The van der Waals surface area contributed by atoms with Crippen LogP contribution in [0.1, 0.15) is 5.56 Å². The Morgan fingerprint density at radius 1 is 1.19 bits per heavy atom. The van der Waals surface area contributed by atoms with Crippen LogP contribution in [0.15, 0.2) is 54.6 Å². The zero-order valence-corrected chi connectivity index (χ0v) is 11.6. The van der Waals surface area contributed by atoms with Gasteiger partial charge in [0, 0.05) is 28.9 Å². The van der Waals surface area contributed by atoms with E-state index >= 15 is 0 Å². The molecule has 0 heterocycles. The molecular formula is C15H11ClN2O3. The molecule has 5 nitrogen and oxygen atoms in total. The lowest BCUT2D eigenvalue weighted by atomic mass is 10.2. The molecule has 0 aliphatic carbocycles. The van der Waals surface area contributed by atoms with E-state index in [1.54, 1.807) is 36.4 Å². The first kappa shape index (κ1) is 14.7. The molecule has 21 heavy (non-hydrogen) atoms. The van der Waals surface area contributed by atoms with E-state index in [9.17, 15) is 14.9 Å². The van der Waals surface area contributed by atoms with Gasteiger partial charge in [0.05, 0.1) is 4.92 Å². The molecule has 2 rings (SSSR count). The van der Waals surface area contributed by atoms with E-state index in [1.807, 2.05) is 0 Å². The molecule has 0 aliphatic rings. The lowest BCUT2D eigenvalue weighted by molar-refractivity contribution is -0.384. The number of nitro benzene ring substituents is 1. The second-order valence-electron chi connectivity index (χ2n) is 4.18. The number of nitrogens with zero attached hydrogens (tertiary/aromatic N) is 1. The highest BCUT2D eigenvalue weighted by Crippen LogP contribution is 2.15. The van der Waals surface area contributed by atoms with Gasteiger partial charge in [-0.05, 0) is 35.9 Å². The molecule has 6 heteroatoms. The Balaban J connectivity index is 2.03. The van der Waals surface area contributed by atoms with E-state index in [-0.39, 0.29) is 11.6 Å². The minimum absolute atomic E-state index is 0.0183. The van der Waals surface area contributed by atoms with Crippen LogP contribution in [0.25, 0.3) is 6.08 Å². The summed E-state index contributed by atoms with van der Waals surface area (Å²) in [6.07, 6.45) is 2.83. The number of carbonyl (C=O) groups excluding carboxylic acids is 1. The molecule has 0 radical (unpaired) electrons. The van der Waals surface area contributed by atoms with Crippen molar-refractivity contribution >= 4 is 35.0 Å². The fraction of sp³-hybridized carbons (Fsp3) is 0. The number of hydrogen-bond donors (Lipinski definition) is 1. The number of anilines is 1.